The van der Waals surface area contributed by atoms with E-state index in [1.165, 1.54) is 17.8 Å². The zero-order valence-electron chi connectivity index (χ0n) is 24.6. The molecule has 0 heterocycles. The first kappa shape index (κ1) is 31.2. The number of alkyl carbamates (subject to hydrolysis) is 1. The maximum absolute atomic E-state index is 14.3. The van der Waals surface area contributed by atoms with Crippen LogP contribution in [0.2, 0.25) is 0 Å². The Bertz CT molecular complexity index is 1120. The van der Waals surface area contributed by atoms with Gasteiger partial charge in [-0.15, -0.1) is 11.8 Å². The van der Waals surface area contributed by atoms with Gasteiger partial charge in [-0.3, -0.25) is 4.79 Å². The quantitative estimate of drug-likeness (QED) is 0.281. The summed E-state index contributed by atoms with van der Waals surface area (Å²) in [6.45, 7) is 17.3. The molecule has 1 aromatic carbocycles. The molecule has 3 rings (SSSR count). The van der Waals surface area contributed by atoms with Gasteiger partial charge in [0.1, 0.15) is 28.2 Å². The normalized spacial score (nSPS) is 28.4. The number of fused-ring (bicyclic) bond motifs is 1. The van der Waals surface area contributed by atoms with Crippen molar-refractivity contribution in [3.63, 3.8) is 0 Å². The number of benzene rings is 1. The van der Waals surface area contributed by atoms with Crippen molar-refractivity contribution in [1.82, 2.24) is 5.32 Å². The maximum atomic E-state index is 14.3. The topological polar surface area (TPSA) is 117 Å². The van der Waals surface area contributed by atoms with Crippen LogP contribution in [0.3, 0.4) is 0 Å². The molecule has 6 atom stereocenters. The molecule has 10 heteroatoms. The van der Waals surface area contributed by atoms with Crippen LogP contribution in [-0.4, -0.2) is 52.2 Å². The van der Waals surface area contributed by atoms with Crippen LogP contribution in [0.25, 0.3) is 0 Å². The molecule has 2 aliphatic rings. The van der Waals surface area contributed by atoms with Crippen molar-refractivity contribution >= 4 is 29.8 Å². The Kier molecular flexibility index (Phi) is 8.46. The van der Waals surface area contributed by atoms with Gasteiger partial charge in [-0.25, -0.2) is 14.0 Å². The molecule has 2 aliphatic carbocycles. The van der Waals surface area contributed by atoms with Crippen molar-refractivity contribution in [3.05, 3.63) is 29.6 Å². The highest BCUT2D eigenvalue weighted by molar-refractivity contribution is 7.99. The fraction of sp³-hybridized carbons (Fsp3) is 0.690. The maximum Gasteiger partial charge on any atom is 0.408 e. The number of carbonyl (C=O) groups excluding carboxylic acids is 3. The first-order valence-corrected chi connectivity index (χ1v) is 14.3. The lowest BCUT2D eigenvalue weighted by Crippen LogP contribution is -2.65. The molecule has 0 aliphatic heterocycles. The highest BCUT2D eigenvalue weighted by Crippen LogP contribution is 2.65. The van der Waals surface area contributed by atoms with Gasteiger partial charge >= 0.3 is 18.0 Å². The van der Waals surface area contributed by atoms with E-state index < -0.39 is 70.1 Å². The summed E-state index contributed by atoms with van der Waals surface area (Å²) in [5.74, 6) is -3.62. The van der Waals surface area contributed by atoms with Crippen LogP contribution in [0.4, 0.5) is 9.18 Å². The Morgan fingerprint density at radius 3 is 2.05 bits per heavy atom. The molecular weight excluding hydrogens is 523 g/mol. The lowest BCUT2D eigenvalue weighted by molar-refractivity contribution is -0.167. The summed E-state index contributed by atoms with van der Waals surface area (Å²) in [4.78, 5) is 41.2. The van der Waals surface area contributed by atoms with E-state index in [1.807, 2.05) is 0 Å². The summed E-state index contributed by atoms with van der Waals surface area (Å²) in [5, 5.41) is 2.84. The number of rotatable bonds is 6. The minimum Gasteiger partial charge on any atom is -0.460 e. The highest BCUT2D eigenvalue weighted by Gasteiger charge is 2.79. The summed E-state index contributed by atoms with van der Waals surface area (Å²) >= 11 is 1.33. The lowest BCUT2D eigenvalue weighted by Gasteiger charge is -2.40. The van der Waals surface area contributed by atoms with Crippen LogP contribution in [0.15, 0.2) is 23.1 Å². The standard InChI is InChI=1S/C29H43FN2O6S/c1-15-11-12-16(13-18(15)30)39-14-17-22(31)19-20(23(33)36-26(2,3)4)21(19)29(17,24(34)37-27(5,6)7)32-25(35)38-28(8,9)10/h11-13,17,19-22H,14,31H2,1-10H3,(H,32,35)/t17-,19+,20+,21+,22-,29+/m1/s1. The van der Waals surface area contributed by atoms with Crippen LogP contribution in [0.5, 0.6) is 0 Å². The monoisotopic (exact) mass is 566 g/mol. The van der Waals surface area contributed by atoms with Gasteiger partial charge < -0.3 is 25.3 Å². The zero-order chi connectivity index (χ0) is 29.7. The van der Waals surface area contributed by atoms with Crippen LogP contribution >= 0.6 is 11.8 Å². The van der Waals surface area contributed by atoms with E-state index in [0.717, 1.165) is 0 Å². The van der Waals surface area contributed by atoms with Gasteiger partial charge in [0.25, 0.3) is 0 Å². The largest absolute Gasteiger partial charge is 0.460 e. The number of hydrogen-bond donors (Lipinski definition) is 2. The number of aryl methyl sites for hydroxylation is 1. The number of ether oxygens (including phenoxy) is 3. The number of thioether (sulfide) groups is 1. The molecule has 2 saturated carbocycles. The van der Waals surface area contributed by atoms with Gasteiger partial charge in [0.05, 0.1) is 5.92 Å². The molecule has 1 aromatic rings. The second-order valence-corrected chi connectivity index (χ2v) is 14.7. The third kappa shape index (κ3) is 7.06. The predicted octanol–water partition coefficient (Wildman–Crippen LogP) is 4.99. The fourth-order valence-corrected chi connectivity index (χ4v) is 6.54. The van der Waals surface area contributed by atoms with E-state index in [1.54, 1.807) is 81.4 Å². The SMILES string of the molecule is Cc1ccc(SC[C@@H]2[C@@H](N)[C@H]3[C@H](C(=O)OC(C)(C)C)[C@H]3[C@]2(NC(=O)OC(C)(C)C)C(=O)OC(C)(C)C)cc1F. The minimum atomic E-state index is -1.66. The van der Waals surface area contributed by atoms with Gasteiger partial charge in [-0.2, -0.15) is 0 Å². The number of hydrogen-bond acceptors (Lipinski definition) is 8. The molecule has 0 spiro atoms. The van der Waals surface area contributed by atoms with Crippen LogP contribution in [0, 0.1) is 36.4 Å². The Morgan fingerprint density at radius 1 is 0.974 bits per heavy atom. The molecular formula is C29H43FN2O6S. The van der Waals surface area contributed by atoms with Crippen molar-refractivity contribution in [2.45, 2.75) is 103 Å². The van der Waals surface area contributed by atoms with Crippen molar-refractivity contribution in [2.75, 3.05) is 5.75 Å². The van der Waals surface area contributed by atoms with Crippen LogP contribution in [-0.2, 0) is 23.8 Å². The summed E-state index contributed by atoms with van der Waals surface area (Å²) in [7, 11) is 0. The number of nitrogens with one attached hydrogen (secondary N) is 1. The van der Waals surface area contributed by atoms with E-state index in [4.69, 9.17) is 19.9 Å². The first-order chi connectivity index (χ1) is 17.7. The van der Waals surface area contributed by atoms with Crippen LogP contribution in [0.1, 0.15) is 67.9 Å². The van der Waals surface area contributed by atoms with Crippen molar-refractivity contribution in [2.24, 2.45) is 29.4 Å². The van der Waals surface area contributed by atoms with Gasteiger partial charge in [0, 0.05) is 28.5 Å². The average Bonchev–Trinajstić information content (AvgIpc) is 3.42. The summed E-state index contributed by atoms with van der Waals surface area (Å²) in [6, 6.07) is 4.27. The van der Waals surface area contributed by atoms with Gasteiger partial charge in [-0.05, 0) is 92.9 Å². The summed E-state index contributed by atoms with van der Waals surface area (Å²) in [5.41, 5.74) is 3.17. The number of carbonyl (C=O) groups is 3. The minimum absolute atomic E-state index is 0.271. The molecule has 39 heavy (non-hydrogen) atoms. The zero-order valence-corrected chi connectivity index (χ0v) is 25.5. The van der Waals surface area contributed by atoms with E-state index in [9.17, 15) is 18.8 Å². The third-order valence-electron chi connectivity index (χ3n) is 6.79. The predicted molar refractivity (Wildman–Crippen MR) is 148 cm³/mol. The first-order valence-electron chi connectivity index (χ1n) is 13.3. The average molecular weight is 567 g/mol. The molecule has 2 fully saturated rings. The number of nitrogens with two attached hydrogens (primary N) is 1. The van der Waals surface area contributed by atoms with Crippen LogP contribution < -0.4 is 11.1 Å². The molecule has 0 unspecified atom stereocenters. The third-order valence-corrected chi connectivity index (χ3v) is 7.90. The van der Waals surface area contributed by atoms with Gasteiger partial charge in [0.2, 0.25) is 0 Å². The smallest absolute Gasteiger partial charge is 0.408 e. The van der Waals surface area contributed by atoms with Gasteiger partial charge in [0.15, 0.2) is 0 Å². The molecule has 0 radical (unpaired) electrons. The Morgan fingerprint density at radius 2 is 1.54 bits per heavy atom. The summed E-state index contributed by atoms with van der Waals surface area (Å²) < 4.78 is 31.3. The molecule has 0 bridgehead atoms. The van der Waals surface area contributed by atoms with Gasteiger partial charge in [-0.1, -0.05) is 6.07 Å². The molecule has 8 nitrogen and oxygen atoms in total. The second kappa shape index (κ2) is 10.6. The Labute approximate surface area is 235 Å². The highest BCUT2D eigenvalue weighted by atomic mass is 32.2. The van der Waals surface area contributed by atoms with E-state index in [0.29, 0.717) is 10.5 Å². The fourth-order valence-electron chi connectivity index (χ4n) is 5.33. The number of esters is 2. The van der Waals surface area contributed by atoms with Crippen molar-refractivity contribution in [1.29, 1.82) is 0 Å². The molecule has 218 valence electrons. The number of halogens is 1. The molecule has 0 aromatic heterocycles. The van der Waals surface area contributed by atoms with Crippen molar-refractivity contribution < 1.29 is 33.0 Å². The van der Waals surface area contributed by atoms with E-state index in [2.05, 4.69) is 5.32 Å². The summed E-state index contributed by atoms with van der Waals surface area (Å²) in [6.07, 6.45) is -0.813. The van der Waals surface area contributed by atoms with Crippen molar-refractivity contribution in [3.8, 4) is 0 Å². The Hall–Kier alpha value is -2.33. The van der Waals surface area contributed by atoms with E-state index >= 15 is 0 Å². The number of amides is 1. The second-order valence-electron chi connectivity index (χ2n) is 13.6. The molecule has 3 N–H and O–H groups in total. The molecule has 1 amide bonds. The molecule has 0 saturated heterocycles. The lowest BCUT2D eigenvalue weighted by atomic mass is 9.79. The Balaban J connectivity index is 2.05. The van der Waals surface area contributed by atoms with E-state index in [-0.39, 0.29) is 11.6 Å².